The number of fused-ring (bicyclic) bond motifs is 1. The molecule has 0 radical (unpaired) electrons. The van der Waals surface area contributed by atoms with E-state index in [4.69, 9.17) is 20.2 Å². The van der Waals surface area contributed by atoms with Crippen molar-refractivity contribution in [3.63, 3.8) is 0 Å². The summed E-state index contributed by atoms with van der Waals surface area (Å²) in [4.78, 5) is 7.26. The smallest absolute Gasteiger partial charge is 0.157 e. The fraction of sp³-hybridized carbons (Fsp3) is 0.429. The van der Waals surface area contributed by atoms with Gasteiger partial charge in [-0.2, -0.15) is 9.61 Å². The first kappa shape index (κ1) is 18.6. The summed E-state index contributed by atoms with van der Waals surface area (Å²) >= 11 is 0. The van der Waals surface area contributed by atoms with Crippen LogP contribution in [0.3, 0.4) is 0 Å². The van der Waals surface area contributed by atoms with Gasteiger partial charge in [0.25, 0.3) is 0 Å². The Morgan fingerprint density at radius 3 is 2.61 bits per heavy atom. The normalized spacial score (nSPS) is 15.8. The molecule has 1 aromatic carbocycles. The number of anilines is 1. The molecule has 7 nitrogen and oxygen atoms in total. The van der Waals surface area contributed by atoms with E-state index in [-0.39, 0.29) is 0 Å². The topological polar surface area (TPSA) is 77.9 Å². The van der Waals surface area contributed by atoms with Crippen LogP contribution in [0.4, 0.5) is 5.82 Å². The van der Waals surface area contributed by atoms with Gasteiger partial charge in [-0.25, -0.2) is 4.98 Å². The number of nitrogens with two attached hydrogens (primary N) is 1. The maximum atomic E-state index is 6.19. The molecule has 2 N–H and O–H groups in total. The van der Waals surface area contributed by atoms with Crippen molar-refractivity contribution >= 4 is 11.5 Å². The average molecular weight is 381 g/mol. The summed E-state index contributed by atoms with van der Waals surface area (Å²) in [6.45, 7) is 4.83. The van der Waals surface area contributed by atoms with Gasteiger partial charge in [-0.3, -0.25) is 4.90 Å². The number of aromatic nitrogens is 3. The molecule has 7 heteroatoms. The fourth-order valence-corrected chi connectivity index (χ4v) is 3.98. The minimum absolute atomic E-state index is 0.422. The highest BCUT2D eigenvalue weighted by atomic mass is 16.5. The number of benzene rings is 1. The number of aryl methyl sites for hydroxylation is 1. The second-order valence-corrected chi connectivity index (χ2v) is 7.39. The Morgan fingerprint density at radius 2 is 1.89 bits per heavy atom. The zero-order valence-electron chi connectivity index (χ0n) is 16.7. The molecule has 1 fully saturated rings. The molecular formula is C21H27N5O2. The Balaban J connectivity index is 1.45. The Hall–Kier alpha value is -2.80. The maximum absolute atomic E-state index is 6.19. The highest BCUT2D eigenvalue weighted by Crippen LogP contribution is 2.31. The molecule has 28 heavy (non-hydrogen) atoms. The number of nitrogens with zero attached hydrogens (tertiary/aromatic N) is 4. The van der Waals surface area contributed by atoms with Crippen LogP contribution in [0.15, 0.2) is 30.3 Å². The predicted octanol–water partition coefficient (Wildman–Crippen LogP) is 3.02. The van der Waals surface area contributed by atoms with Crippen LogP contribution in [0.5, 0.6) is 11.5 Å². The fourth-order valence-electron chi connectivity index (χ4n) is 3.98. The molecule has 0 aliphatic carbocycles. The third-order valence-corrected chi connectivity index (χ3v) is 5.48. The summed E-state index contributed by atoms with van der Waals surface area (Å²) in [6, 6.07) is 9.91. The SMILES string of the molecule is COc1ccc(OC)c(CN2CCC(c3cc(N)n4nc(C)cc4n3)CC2)c1. The molecule has 3 aromatic rings. The number of nitrogen functional groups attached to an aromatic ring is 1. The van der Waals surface area contributed by atoms with Crippen LogP contribution in [0.1, 0.15) is 35.7 Å². The number of hydrogen-bond acceptors (Lipinski definition) is 6. The van der Waals surface area contributed by atoms with Crippen LogP contribution in [-0.2, 0) is 6.54 Å². The molecule has 0 unspecified atom stereocenters. The predicted molar refractivity (Wildman–Crippen MR) is 109 cm³/mol. The molecule has 0 atom stereocenters. The number of piperidine rings is 1. The van der Waals surface area contributed by atoms with E-state index in [1.807, 2.05) is 31.2 Å². The molecule has 148 valence electrons. The monoisotopic (exact) mass is 381 g/mol. The van der Waals surface area contributed by atoms with Crippen molar-refractivity contribution in [2.45, 2.75) is 32.2 Å². The van der Waals surface area contributed by atoms with Crippen LogP contribution >= 0.6 is 0 Å². The van der Waals surface area contributed by atoms with E-state index < -0.39 is 0 Å². The van der Waals surface area contributed by atoms with Crippen molar-refractivity contribution in [3.8, 4) is 11.5 Å². The molecule has 2 aromatic heterocycles. The third kappa shape index (κ3) is 3.62. The lowest BCUT2D eigenvalue weighted by atomic mass is 9.93. The molecule has 4 rings (SSSR count). The Bertz CT molecular complexity index is 976. The van der Waals surface area contributed by atoms with Crippen molar-refractivity contribution < 1.29 is 9.47 Å². The summed E-state index contributed by atoms with van der Waals surface area (Å²) in [7, 11) is 3.40. The van der Waals surface area contributed by atoms with Crippen LogP contribution in [0, 0.1) is 6.92 Å². The van der Waals surface area contributed by atoms with Gasteiger partial charge in [0.1, 0.15) is 17.3 Å². The van der Waals surface area contributed by atoms with Crippen LogP contribution < -0.4 is 15.2 Å². The van der Waals surface area contributed by atoms with Crippen LogP contribution in [-0.4, -0.2) is 46.8 Å². The van der Waals surface area contributed by atoms with Crippen molar-refractivity contribution in [1.29, 1.82) is 0 Å². The van der Waals surface area contributed by atoms with Gasteiger partial charge < -0.3 is 15.2 Å². The largest absolute Gasteiger partial charge is 0.497 e. The Labute approximate surface area is 165 Å². The lowest BCUT2D eigenvalue weighted by molar-refractivity contribution is 0.201. The summed E-state index contributed by atoms with van der Waals surface area (Å²) in [5, 5.41) is 4.39. The number of likely N-dealkylation sites (tertiary alicyclic amines) is 1. The minimum atomic E-state index is 0.422. The molecule has 0 bridgehead atoms. The number of rotatable bonds is 5. The van der Waals surface area contributed by atoms with Gasteiger partial charge in [0, 0.05) is 35.9 Å². The van der Waals surface area contributed by atoms with Gasteiger partial charge in [0.2, 0.25) is 0 Å². The van der Waals surface area contributed by atoms with Crippen molar-refractivity contribution in [1.82, 2.24) is 19.5 Å². The summed E-state index contributed by atoms with van der Waals surface area (Å²) in [5.74, 6) is 2.83. The van der Waals surface area contributed by atoms with Crippen LogP contribution in [0.25, 0.3) is 5.65 Å². The third-order valence-electron chi connectivity index (χ3n) is 5.48. The lowest BCUT2D eigenvalue weighted by Crippen LogP contribution is -2.33. The first-order valence-corrected chi connectivity index (χ1v) is 9.63. The molecule has 1 aliphatic rings. The van der Waals surface area contributed by atoms with Crippen molar-refractivity contribution in [3.05, 3.63) is 47.3 Å². The minimum Gasteiger partial charge on any atom is -0.497 e. The Morgan fingerprint density at radius 1 is 1.11 bits per heavy atom. The molecule has 1 saturated heterocycles. The molecular weight excluding hydrogens is 354 g/mol. The van der Waals surface area contributed by atoms with Gasteiger partial charge in [-0.15, -0.1) is 0 Å². The maximum Gasteiger partial charge on any atom is 0.157 e. The van der Waals surface area contributed by atoms with E-state index >= 15 is 0 Å². The first-order chi connectivity index (χ1) is 13.6. The standard InChI is InChI=1S/C21H27N5O2/c1-14-10-21-23-18(12-20(22)26(21)24-14)15-6-8-25(9-7-15)13-16-11-17(27-2)4-5-19(16)28-3/h4-5,10-12,15H,6-9,13,22H2,1-3H3. The molecule has 0 spiro atoms. The zero-order valence-corrected chi connectivity index (χ0v) is 16.7. The van der Waals surface area contributed by atoms with E-state index in [0.29, 0.717) is 11.7 Å². The summed E-state index contributed by atoms with van der Waals surface area (Å²) < 4.78 is 12.6. The second kappa shape index (κ2) is 7.67. The molecule has 1 aliphatic heterocycles. The summed E-state index contributed by atoms with van der Waals surface area (Å²) in [5.41, 5.74) is 10.2. The van der Waals surface area contributed by atoms with Gasteiger partial charge in [-0.1, -0.05) is 0 Å². The quantitative estimate of drug-likeness (QED) is 0.732. The highest BCUT2D eigenvalue weighted by Gasteiger charge is 2.23. The van der Waals surface area contributed by atoms with E-state index in [2.05, 4.69) is 16.1 Å². The zero-order chi connectivity index (χ0) is 19.7. The van der Waals surface area contributed by atoms with Crippen molar-refractivity contribution in [2.75, 3.05) is 33.0 Å². The van der Waals surface area contributed by atoms with Gasteiger partial charge >= 0.3 is 0 Å². The molecule has 0 saturated carbocycles. The summed E-state index contributed by atoms with van der Waals surface area (Å²) in [6.07, 6.45) is 2.12. The van der Waals surface area contributed by atoms with E-state index in [0.717, 1.165) is 66.6 Å². The van der Waals surface area contributed by atoms with Gasteiger partial charge in [0.15, 0.2) is 5.65 Å². The number of ether oxygens (including phenoxy) is 2. The second-order valence-electron chi connectivity index (χ2n) is 7.39. The average Bonchev–Trinajstić information content (AvgIpc) is 3.09. The molecule has 3 heterocycles. The van der Waals surface area contributed by atoms with Crippen molar-refractivity contribution in [2.24, 2.45) is 0 Å². The van der Waals surface area contributed by atoms with Gasteiger partial charge in [0.05, 0.1) is 19.9 Å². The van der Waals surface area contributed by atoms with E-state index in [1.54, 1.807) is 18.7 Å². The van der Waals surface area contributed by atoms with E-state index in [1.165, 1.54) is 0 Å². The lowest BCUT2D eigenvalue weighted by Gasteiger charge is -2.32. The Kier molecular flexibility index (Phi) is 5.09. The van der Waals surface area contributed by atoms with E-state index in [9.17, 15) is 0 Å². The van der Waals surface area contributed by atoms with Crippen LogP contribution in [0.2, 0.25) is 0 Å². The first-order valence-electron chi connectivity index (χ1n) is 9.63. The van der Waals surface area contributed by atoms with Gasteiger partial charge in [-0.05, 0) is 51.1 Å². The molecule has 0 amide bonds. The highest BCUT2D eigenvalue weighted by molar-refractivity contribution is 5.48. The number of methoxy groups -OCH3 is 2. The number of hydrogen-bond donors (Lipinski definition) is 1.